The highest BCUT2D eigenvalue weighted by molar-refractivity contribution is 9.10. The van der Waals surface area contributed by atoms with E-state index in [-0.39, 0.29) is 5.91 Å². The van der Waals surface area contributed by atoms with Gasteiger partial charge in [0.05, 0.1) is 6.07 Å². The van der Waals surface area contributed by atoms with Crippen LogP contribution in [-0.2, 0) is 11.3 Å². The molecule has 1 aromatic rings. The van der Waals surface area contributed by atoms with E-state index < -0.39 is 5.41 Å². The molecule has 0 heterocycles. The lowest BCUT2D eigenvalue weighted by Gasteiger charge is -2.39. The SMILES string of the molecule is CC1CC(C#N)(C(=O)NCc2cccc(Br)c2)C1. The van der Waals surface area contributed by atoms with Crippen LogP contribution in [0.25, 0.3) is 0 Å². The average molecular weight is 307 g/mol. The first-order valence-electron chi connectivity index (χ1n) is 6.00. The fourth-order valence-corrected chi connectivity index (χ4v) is 2.90. The first kappa shape index (κ1) is 13.1. The summed E-state index contributed by atoms with van der Waals surface area (Å²) in [6.07, 6.45) is 1.35. The number of nitrogens with one attached hydrogen (secondary N) is 1. The summed E-state index contributed by atoms with van der Waals surface area (Å²) in [6.45, 7) is 2.53. The quantitative estimate of drug-likeness (QED) is 0.933. The summed E-state index contributed by atoms with van der Waals surface area (Å²) in [6, 6.07) is 9.95. The molecule has 1 aliphatic carbocycles. The van der Waals surface area contributed by atoms with Gasteiger partial charge in [-0.25, -0.2) is 0 Å². The molecule has 0 bridgehead atoms. The van der Waals surface area contributed by atoms with E-state index in [2.05, 4.69) is 34.2 Å². The highest BCUT2D eigenvalue weighted by atomic mass is 79.9. The largest absolute Gasteiger partial charge is 0.351 e. The molecule has 0 aromatic heterocycles. The van der Waals surface area contributed by atoms with E-state index in [1.54, 1.807) is 0 Å². The molecule has 1 amide bonds. The summed E-state index contributed by atoms with van der Waals surface area (Å²) in [4.78, 5) is 12.0. The van der Waals surface area contributed by atoms with Gasteiger partial charge in [-0.15, -0.1) is 0 Å². The first-order chi connectivity index (χ1) is 8.55. The van der Waals surface area contributed by atoms with Gasteiger partial charge in [-0.1, -0.05) is 35.0 Å². The monoisotopic (exact) mass is 306 g/mol. The predicted octanol–water partition coefficient (Wildman–Crippen LogP) is 3.01. The lowest BCUT2D eigenvalue weighted by molar-refractivity contribution is -0.134. The number of nitrogens with zero attached hydrogens (tertiary/aromatic N) is 1. The number of carbonyl (C=O) groups is 1. The molecule has 1 aliphatic rings. The molecule has 3 nitrogen and oxygen atoms in total. The molecule has 0 atom stereocenters. The molecule has 1 aromatic carbocycles. The molecule has 1 N–H and O–H groups in total. The van der Waals surface area contributed by atoms with Gasteiger partial charge in [0, 0.05) is 11.0 Å². The Kier molecular flexibility index (Phi) is 3.72. The fourth-order valence-electron chi connectivity index (χ4n) is 2.46. The Morgan fingerprint density at radius 3 is 2.89 bits per heavy atom. The minimum Gasteiger partial charge on any atom is -0.351 e. The lowest BCUT2D eigenvalue weighted by Crippen LogP contribution is -2.47. The summed E-state index contributed by atoms with van der Waals surface area (Å²) in [7, 11) is 0. The summed E-state index contributed by atoms with van der Waals surface area (Å²) in [5, 5.41) is 12.0. The van der Waals surface area contributed by atoms with Crippen molar-refractivity contribution in [1.82, 2.24) is 5.32 Å². The summed E-state index contributed by atoms with van der Waals surface area (Å²) in [5.74, 6) is 0.337. The van der Waals surface area contributed by atoms with Crippen LogP contribution in [0.1, 0.15) is 25.3 Å². The standard InChI is InChI=1S/C14H15BrN2O/c1-10-6-14(7-10,9-16)13(18)17-8-11-3-2-4-12(15)5-11/h2-5,10H,6-8H2,1H3,(H,17,18). The van der Waals surface area contributed by atoms with E-state index in [9.17, 15) is 4.79 Å². The van der Waals surface area contributed by atoms with Crippen LogP contribution in [0.2, 0.25) is 0 Å². The zero-order valence-corrected chi connectivity index (χ0v) is 11.8. The van der Waals surface area contributed by atoms with E-state index in [1.165, 1.54) is 0 Å². The Morgan fingerprint density at radius 1 is 1.61 bits per heavy atom. The maximum atomic E-state index is 12.0. The zero-order valence-electron chi connectivity index (χ0n) is 10.2. The maximum Gasteiger partial charge on any atom is 0.240 e. The third-order valence-electron chi connectivity index (χ3n) is 3.38. The molecule has 0 spiro atoms. The van der Waals surface area contributed by atoms with Crippen molar-refractivity contribution >= 4 is 21.8 Å². The molecule has 1 saturated carbocycles. The summed E-state index contributed by atoms with van der Waals surface area (Å²) < 4.78 is 0.988. The number of hydrogen-bond acceptors (Lipinski definition) is 2. The molecule has 0 saturated heterocycles. The number of halogens is 1. The minimum absolute atomic E-state index is 0.136. The number of carbonyl (C=O) groups excluding carboxylic acids is 1. The molecule has 0 aliphatic heterocycles. The molecule has 0 radical (unpaired) electrons. The fraction of sp³-hybridized carbons (Fsp3) is 0.429. The van der Waals surface area contributed by atoms with E-state index in [1.807, 2.05) is 24.3 Å². The Balaban J connectivity index is 1.95. The van der Waals surface area contributed by atoms with Crippen LogP contribution >= 0.6 is 15.9 Å². The van der Waals surface area contributed by atoms with Gasteiger partial charge in [0.1, 0.15) is 5.41 Å². The Hall–Kier alpha value is -1.34. The Bertz CT molecular complexity index is 501. The van der Waals surface area contributed by atoms with E-state index >= 15 is 0 Å². The van der Waals surface area contributed by atoms with Crippen LogP contribution in [0.4, 0.5) is 0 Å². The van der Waals surface area contributed by atoms with E-state index in [0.29, 0.717) is 25.3 Å². The van der Waals surface area contributed by atoms with Gasteiger partial charge in [-0.05, 0) is 36.5 Å². The number of hydrogen-bond donors (Lipinski definition) is 1. The second-order valence-electron chi connectivity index (χ2n) is 5.02. The van der Waals surface area contributed by atoms with Crippen molar-refractivity contribution in [1.29, 1.82) is 5.26 Å². The predicted molar refractivity (Wildman–Crippen MR) is 72.4 cm³/mol. The molecule has 4 heteroatoms. The topological polar surface area (TPSA) is 52.9 Å². The van der Waals surface area contributed by atoms with Crippen molar-refractivity contribution in [3.05, 3.63) is 34.3 Å². The van der Waals surface area contributed by atoms with Gasteiger partial charge in [-0.2, -0.15) is 5.26 Å². The summed E-state index contributed by atoms with van der Waals surface area (Å²) >= 11 is 3.39. The van der Waals surface area contributed by atoms with E-state index in [0.717, 1.165) is 10.0 Å². The normalized spacial score (nSPS) is 25.9. The van der Waals surface area contributed by atoms with Gasteiger partial charge in [0.15, 0.2) is 0 Å². The van der Waals surface area contributed by atoms with Crippen molar-refractivity contribution in [2.75, 3.05) is 0 Å². The van der Waals surface area contributed by atoms with Crippen molar-refractivity contribution in [2.24, 2.45) is 11.3 Å². The number of amides is 1. The second-order valence-corrected chi connectivity index (χ2v) is 5.94. The minimum atomic E-state index is -0.786. The molecule has 2 rings (SSSR count). The van der Waals surface area contributed by atoms with Crippen LogP contribution in [0.3, 0.4) is 0 Å². The molecule has 1 fully saturated rings. The number of rotatable bonds is 3. The number of benzene rings is 1. The van der Waals surface area contributed by atoms with Gasteiger partial charge < -0.3 is 5.32 Å². The molecule has 0 unspecified atom stereocenters. The van der Waals surface area contributed by atoms with Gasteiger partial charge in [0.2, 0.25) is 5.91 Å². The van der Waals surface area contributed by atoms with Gasteiger partial charge in [0.25, 0.3) is 0 Å². The van der Waals surface area contributed by atoms with E-state index in [4.69, 9.17) is 5.26 Å². The molecule has 94 valence electrons. The third-order valence-corrected chi connectivity index (χ3v) is 3.88. The van der Waals surface area contributed by atoms with Gasteiger partial charge >= 0.3 is 0 Å². The van der Waals surface area contributed by atoms with Crippen LogP contribution in [0.5, 0.6) is 0 Å². The van der Waals surface area contributed by atoms with Crippen LogP contribution in [0, 0.1) is 22.7 Å². The van der Waals surface area contributed by atoms with Crippen LogP contribution < -0.4 is 5.32 Å². The van der Waals surface area contributed by atoms with Crippen molar-refractivity contribution in [3.63, 3.8) is 0 Å². The molecule has 18 heavy (non-hydrogen) atoms. The van der Waals surface area contributed by atoms with Crippen molar-refractivity contribution in [2.45, 2.75) is 26.3 Å². The summed E-state index contributed by atoms with van der Waals surface area (Å²) in [5.41, 5.74) is 0.240. The Labute approximate surface area is 115 Å². The second kappa shape index (κ2) is 5.11. The lowest BCUT2D eigenvalue weighted by atomic mass is 9.63. The average Bonchev–Trinajstić information content (AvgIpc) is 2.32. The molecular formula is C14H15BrN2O. The maximum absolute atomic E-state index is 12.0. The highest BCUT2D eigenvalue weighted by Crippen LogP contribution is 2.45. The smallest absolute Gasteiger partial charge is 0.240 e. The zero-order chi connectivity index (χ0) is 13.2. The van der Waals surface area contributed by atoms with Crippen molar-refractivity contribution < 1.29 is 4.79 Å². The van der Waals surface area contributed by atoms with Crippen LogP contribution in [-0.4, -0.2) is 5.91 Å². The highest BCUT2D eigenvalue weighted by Gasteiger charge is 2.48. The molecular weight excluding hydrogens is 292 g/mol. The Morgan fingerprint density at radius 2 is 2.33 bits per heavy atom. The van der Waals surface area contributed by atoms with Crippen molar-refractivity contribution in [3.8, 4) is 6.07 Å². The van der Waals surface area contributed by atoms with Crippen LogP contribution in [0.15, 0.2) is 28.7 Å². The third kappa shape index (κ3) is 2.56. The number of nitriles is 1. The van der Waals surface area contributed by atoms with Gasteiger partial charge in [-0.3, -0.25) is 4.79 Å². The first-order valence-corrected chi connectivity index (χ1v) is 6.79.